The van der Waals surface area contributed by atoms with E-state index in [0.29, 0.717) is 13.2 Å². The Morgan fingerprint density at radius 3 is 2.74 bits per heavy atom. The molecule has 19 heavy (non-hydrogen) atoms. The van der Waals surface area contributed by atoms with E-state index in [4.69, 9.17) is 14.2 Å². The van der Waals surface area contributed by atoms with Gasteiger partial charge in [0.1, 0.15) is 5.75 Å². The zero-order valence-electron chi connectivity index (χ0n) is 11.7. The normalized spacial score (nSPS) is 17.6. The van der Waals surface area contributed by atoms with Crippen molar-refractivity contribution in [1.82, 2.24) is 5.32 Å². The molecule has 1 aromatic rings. The first kappa shape index (κ1) is 14.3. The van der Waals surface area contributed by atoms with Gasteiger partial charge in [-0.25, -0.2) is 0 Å². The molecule has 4 heteroatoms. The van der Waals surface area contributed by atoms with Gasteiger partial charge in [-0.1, -0.05) is 25.1 Å². The molecule has 4 nitrogen and oxygen atoms in total. The van der Waals surface area contributed by atoms with Gasteiger partial charge in [0.2, 0.25) is 0 Å². The van der Waals surface area contributed by atoms with E-state index in [1.54, 1.807) is 7.11 Å². The van der Waals surface area contributed by atoms with Crippen LogP contribution in [0.3, 0.4) is 0 Å². The van der Waals surface area contributed by atoms with Gasteiger partial charge in [-0.2, -0.15) is 0 Å². The van der Waals surface area contributed by atoms with Gasteiger partial charge < -0.3 is 19.5 Å². The van der Waals surface area contributed by atoms with Crippen LogP contribution < -0.4 is 10.1 Å². The van der Waals surface area contributed by atoms with Crippen molar-refractivity contribution in [2.24, 2.45) is 0 Å². The summed E-state index contributed by atoms with van der Waals surface area (Å²) in [4.78, 5) is 0. The Hall–Kier alpha value is -1.10. The number of hydrogen-bond donors (Lipinski definition) is 1. The predicted molar refractivity (Wildman–Crippen MR) is 74.3 cm³/mol. The first-order valence-corrected chi connectivity index (χ1v) is 6.94. The van der Waals surface area contributed by atoms with Crippen LogP contribution in [-0.4, -0.2) is 33.2 Å². The number of rotatable bonds is 7. The van der Waals surface area contributed by atoms with Gasteiger partial charge in [0, 0.05) is 18.0 Å². The zero-order valence-corrected chi connectivity index (χ0v) is 11.7. The fraction of sp³-hybridized carbons (Fsp3) is 0.600. The molecule has 0 amide bonds. The SMILES string of the molecule is CCCNC(CC1OCCO1)c1ccccc1OC. The lowest BCUT2D eigenvalue weighted by Gasteiger charge is -2.23. The van der Waals surface area contributed by atoms with Crippen LogP contribution in [0.15, 0.2) is 24.3 Å². The van der Waals surface area contributed by atoms with Gasteiger partial charge in [-0.05, 0) is 19.0 Å². The number of methoxy groups -OCH3 is 1. The van der Waals surface area contributed by atoms with E-state index >= 15 is 0 Å². The lowest BCUT2D eigenvalue weighted by Crippen LogP contribution is -2.27. The molecule has 1 N–H and O–H groups in total. The highest BCUT2D eigenvalue weighted by Crippen LogP contribution is 2.29. The molecule has 1 aliphatic rings. The molecule has 1 aromatic carbocycles. The maximum atomic E-state index is 5.56. The van der Waals surface area contributed by atoms with Crippen molar-refractivity contribution < 1.29 is 14.2 Å². The van der Waals surface area contributed by atoms with E-state index in [2.05, 4.69) is 18.3 Å². The highest BCUT2D eigenvalue weighted by molar-refractivity contribution is 5.35. The van der Waals surface area contributed by atoms with Gasteiger partial charge >= 0.3 is 0 Å². The van der Waals surface area contributed by atoms with Gasteiger partial charge in [-0.3, -0.25) is 0 Å². The van der Waals surface area contributed by atoms with E-state index in [9.17, 15) is 0 Å². The fourth-order valence-electron chi connectivity index (χ4n) is 2.33. The van der Waals surface area contributed by atoms with Crippen molar-refractivity contribution in [2.75, 3.05) is 26.9 Å². The predicted octanol–water partition coefficient (Wildman–Crippen LogP) is 2.50. The Bertz CT molecular complexity index is 377. The first-order chi connectivity index (χ1) is 9.35. The molecule has 0 bridgehead atoms. The van der Waals surface area contributed by atoms with Crippen molar-refractivity contribution in [2.45, 2.75) is 32.1 Å². The lowest BCUT2D eigenvalue weighted by molar-refractivity contribution is -0.0531. The Morgan fingerprint density at radius 1 is 1.32 bits per heavy atom. The number of hydrogen-bond acceptors (Lipinski definition) is 4. The molecule has 0 aromatic heterocycles. The van der Waals surface area contributed by atoms with Crippen LogP contribution in [0.25, 0.3) is 0 Å². The number of para-hydroxylation sites is 1. The maximum absolute atomic E-state index is 5.56. The third-order valence-electron chi connectivity index (χ3n) is 3.27. The molecule has 1 atom stereocenters. The average molecular weight is 265 g/mol. The molecule has 1 unspecified atom stereocenters. The third kappa shape index (κ3) is 3.93. The second-order valence-corrected chi connectivity index (χ2v) is 4.66. The van der Waals surface area contributed by atoms with Crippen LogP contribution >= 0.6 is 0 Å². The smallest absolute Gasteiger partial charge is 0.159 e. The monoisotopic (exact) mass is 265 g/mol. The van der Waals surface area contributed by atoms with E-state index in [1.807, 2.05) is 18.2 Å². The summed E-state index contributed by atoms with van der Waals surface area (Å²) in [7, 11) is 1.71. The Kier molecular flexibility index (Phi) is 5.63. The summed E-state index contributed by atoms with van der Waals surface area (Å²) in [5.41, 5.74) is 1.16. The summed E-state index contributed by atoms with van der Waals surface area (Å²) in [6, 6.07) is 8.31. The van der Waals surface area contributed by atoms with Gasteiger partial charge in [0.25, 0.3) is 0 Å². The third-order valence-corrected chi connectivity index (χ3v) is 3.27. The van der Waals surface area contributed by atoms with E-state index in [0.717, 1.165) is 30.7 Å². The molecule has 0 aliphatic carbocycles. The molecule has 0 spiro atoms. The molecular weight excluding hydrogens is 242 g/mol. The minimum atomic E-state index is -0.112. The summed E-state index contributed by atoms with van der Waals surface area (Å²) in [6.45, 7) is 4.51. The Balaban J connectivity index is 2.10. The largest absolute Gasteiger partial charge is 0.496 e. The van der Waals surface area contributed by atoms with Crippen LogP contribution in [0, 0.1) is 0 Å². The molecular formula is C15H23NO3. The van der Waals surface area contributed by atoms with Crippen molar-refractivity contribution in [1.29, 1.82) is 0 Å². The second kappa shape index (κ2) is 7.48. The molecule has 0 radical (unpaired) electrons. The molecule has 106 valence electrons. The molecule has 1 fully saturated rings. The van der Waals surface area contributed by atoms with E-state index in [1.165, 1.54) is 0 Å². The second-order valence-electron chi connectivity index (χ2n) is 4.66. The average Bonchev–Trinajstić information content (AvgIpc) is 2.96. The van der Waals surface area contributed by atoms with E-state index < -0.39 is 0 Å². The van der Waals surface area contributed by atoms with Crippen LogP contribution in [-0.2, 0) is 9.47 Å². The van der Waals surface area contributed by atoms with Crippen LogP contribution in [0.5, 0.6) is 5.75 Å². The molecule has 1 heterocycles. The minimum absolute atomic E-state index is 0.112. The lowest BCUT2D eigenvalue weighted by atomic mass is 10.0. The maximum Gasteiger partial charge on any atom is 0.159 e. The van der Waals surface area contributed by atoms with Crippen molar-refractivity contribution in [3.05, 3.63) is 29.8 Å². The highest BCUT2D eigenvalue weighted by atomic mass is 16.7. The fourth-order valence-corrected chi connectivity index (χ4v) is 2.33. The summed E-state index contributed by atoms with van der Waals surface area (Å²) >= 11 is 0. The van der Waals surface area contributed by atoms with Gasteiger partial charge in [0.15, 0.2) is 6.29 Å². The molecule has 2 rings (SSSR count). The number of ether oxygens (including phenoxy) is 3. The molecule has 1 saturated heterocycles. The van der Waals surface area contributed by atoms with Gasteiger partial charge in [-0.15, -0.1) is 0 Å². The summed E-state index contributed by atoms with van der Waals surface area (Å²) < 4.78 is 16.6. The minimum Gasteiger partial charge on any atom is -0.496 e. The topological polar surface area (TPSA) is 39.7 Å². The Labute approximate surface area is 115 Å². The molecule has 0 saturated carbocycles. The number of benzene rings is 1. The van der Waals surface area contributed by atoms with Gasteiger partial charge in [0.05, 0.1) is 20.3 Å². The Morgan fingerprint density at radius 2 is 2.05 bits per heavy atom. The highest BCUT2D eigenvalue weighted by Gasteiger charge is 2.24. The van der Waals surface area contributed by atoms with Crippen molar-refractivity contribution in [3.63, 3.8) is 0 Å². The first-order valence-electron chi connectivity index (χ1n) is 6.94. The number of nitrogens with one attached hydrogen (secondary N) is 1. The quantitative estimate of drug-likeness (QED) is 0.822. The van der Waals surface area contributed by atoms with Crippen LogP contribution in [0.1, 0.15) is 31.4 Å². The standard InChI is InChI=1S/C15H23NO3/c1-3-8-16-13(11-15-18-9-10-19-15)12-6-4-5-7-14(12)17-2/h4-7,13,15-16H,3,8-11H2,1-2H3. The van der Waals surface area contributed by atoms with Crippen LogP contribution in [0.2, 0.25) is 0 Å². The van der Waals surface area contributed by atoms with Crippen molar-refractivity contribution in [3.8, 4) is 5.75 Å². The zero-order chi connectivity index (χ0) is 13.5. The van der Waals surface area contributed by atoms with Crippen molar-refractivity contribution >= 4 is 0 Å². The molecule has 1 aliphatic heterocycles. The summed E-state index contributed by atoms with van der Waals surface area (Å²) in [6.07, 6.45) is 1.79. The summed E-state index contributed by atoms with van der Waals surface area (Å²) in [5, 5.41) is 3.55. The van der Waals surface area contributed by atoms with Crippen LogP contribution in [0.4, 0.5) is 0 Å². The summed E-state index contributed by atoms with van der Waals surface area (Å²) in [5.74, 6) is 0.911. The van der Waals surface area contributed by atoms with E-state index in [-0.39, 0.29) is 12.3 Å².